The summed E-state index contributed by atoms with van der Waals surface area (Å²) in [7, 11) is 1.67. The van der Waals surface area contributed by atoms with Gasteiger partial charge in [0.25, 0.3) is 0 Å². The number of amides is 1. The Kier molecular flexibility index (Phi) is 11.2. The number of guanidine groups is 1. The zero-order valence-corrected chi connectivity index (χ0v) is 18.9. The van der Waals surface area contributed by atoms with E-state index in [0.29, 0.717) is 25.6 Å². The smallest absolute Gasteiger partial charge is 0.224 e. The molecule has 0 saturated heterocycles. The Labute approximate surface area is 187 Å². The zero-order chi connectivity index (χ0) is 20.4. The summed E-state index contributed by atoms with van der Waals surface area (Å²) < 4.78 is 26.0. The normalized spacial score (nSPS) is 10.8. The average Bonchev–Trinajstić information content (AvgIpc) is 2.67. The molecule has 2 aromatic rings. The Hall–Kier alpha value is -2.23. The summed E-state index contributed by atoms with van der Waals surface area (Å²) in [5.74, 6) is -0.0364. The molecule has 2 rings (SSSR count). The van der Waals surface area contributed by atoms with Crippen molar-refractivity contribution in [3.8, 4) is 0 Å². The van der Waals surface area contributed by atoms with Crippen molar-refractivity contribution in [1.82, 2.24) is 16.0 Å². The van der Waals surface area contributed by atoms with Gasteiger partial charge in [-0.3, -0.25) is 9.79 Å². The van der Waals surface area contributed by atoms with Gasteiger partial charge in [0.05, 0.1) is 6.42 Å². The minimum Gasteiger partial charge on any atom is -0.356 e. The highest BCUT2D eigenvalue weighted by molar-refractivity contribution is 14.0. The molecule has 0 aliphatic heterocycles. The number of carbonyl (C=O) groups excluding carboxylic acids is 1. The van der Waals surface area contributed by atoms with Gasteiger partial charge in [-0.25, -0.2) is 8.78 Å². The number of aryl methyl sites for hydroxylation is 1. The van der Waals surface area contributed by atoms with Crippen molar-refractivity contribution in [2.45, 2.75) is 19.8 Å². The van der Waals surface area contributed by atoms with Crippen LogP contribution in [-0.4, -0.2) is 38.5 Å². The highest BCUT2D eigenvalue weighted by Gasteiger charge is 2.04. The van der Waals surface area contributed by atoms with E-state index in [1.807, 2.05) is 6.92 Å². The van der Waals surface area contributed by atoms with Crippen molar-refractivity contribution < 1.29 is 13.6 Å². The maximum absolute atomic E-state index is 13.1. The third-order valence-electron chi connectivity index (χ3n) is 4.23. The summed E-state index contributed by atoms with van der Waals surface area (Å²) in [6.45, 7) is 3.51. The molecule has 0 heterocycles. The van der Waals surface area contributed by atoms with Crippen LogP contribution in [0.1, 0.15) is 16.7 Å². The zero-order valence-electron chi connectivity index (χ0n) is 16.6. The third kappa shape index (κ3) is 9.21. The largest absolute Gasteiger partial charge is 0.356 e. The van der Waals surface area contributed by atoms with Crippen LogP contribution in [0, 0.1) is 18.6 Å². The summed E-state index contributed by atoms with van der Waals surface area (Å²) in [6, 6.07) is 10.7. The van der Waals surface area contributed by atoms with Crippen LogP contribution in [0.15, 0.2) is 47.5 Å². The van der Waals surface area contributed by atoms with E-state index in [4.69, 9.17) is 0 Å². The number of rotatable bonds is 8. The number of carbonyl (C=O) groups is 1. The number of aliphatic imine (C=N–C) groups is 1. The van der Waals surface area contributed by atoms with E-state index in [2.05, 4.69) is 20.9 Å². The van der Waals surface area contributed by atoms with Crippen molar-refractivity contribution in [2.24, 2.45) is 4.99 Å². The maximum Gasteiger partial charge on any atom is 0.224 e. The second-order valence-corrected chi connectivity index (χ2v) is 6.40. The van der Waals surface area contributed by atoms with E-state index in [1.165, 1.54) is 24.3 Å². The Morgan fingerprint density at radius 3 is 2.21 bits per heavy atom. The molecule has 0 radical (unpaired) electrons. The molecule has 2 aromatic carbocycles. The quantitative estimate of drug-likeness (QED) is 0.219. The predicted octanol–water partition coefficient (Wildman–Crippen LogP) is 2.96. The molecular weight excluding hydrogens is 489 g/mol. The van der Waals surface area contributed by atoms with Crippen LogP contribution >= 0.6 is 24.0 Å². The lowest BCUT2D eigenvalue weighted by Crippen LogP contribution is -2.42. The molecule has 0 unspecified atom stereocenters. The fraction of sp³-hybridized carbons (Fsp3) is 0.333. The molecule has 158 valence electrons. The molecule has 0 bridgehead atoms. The van der Waals surface area contributed by atoms with Gasteiger partial charge < -0.3 is 16.0 Å². The molecule has 29 heavy (non-hydrogen) atoms. The number of benzene rings is 2. The SMILES string of the molecule is CN=C(NCCNC(=O)Cc1ccc(F)cc1)NCCc1ccc(F)cc1C.I. The number of halogens is 3. The average molecular weight is 516 g/mol. The predicted molar refractivity (Wildman–Crippen MR) is 123 cm³/mol. The minimum atomic E-state index is -0.318. The van der Waals surface area contributed by atoms with Gasteiger partial charge in [0.2, 0.25) is 5.91 Å². The van der Waals surface area contributed by atoms with Gasteiger partial charge in [-0.15, -0.1) is 24.0 Å². The van der Waals surface area contributed by atoms with Crippen LogP contribution in [0.3, 0.4) is 0 Å². The second-order valence-electron chi connectivity index (χ2n) is 6.40. The summed E-state index contributed by atoms with van der Waals surface area (Å²) in [5, 5.41) is 9.12. The van der Waals surface area contributed by atoms with Crippen molar-refractivity contribution in [1.29, 1.82) is 0 Å². The number of hydrogen-bond acceptors (Lipinski definition) is 2. The fourth-order valence-corrected chi connectivity index (χ4v) is 2.71. The first kappa shape index (κ1) is 24.8. The summed E-state index contributed by atoms with van der Waals surface area (Å²) in [6.07, 6.45) is 0.964. The molecule has 1 amide bonds. The van der Waals surface area contributed by atoms with E-state index in [1.54, 1.807) is 25.2 Å². The maximum atomic E-state index is 13.1. The van der Waals surface area contributed by atoms with Gasteiger partial charge in [0.15, 0.2) is 5.96 Å². The second kappa shape index (κ2) is 13.1. The summed E-state index contributed by atoms with van der Waals surface area (Å²) >= 11 is 0. The Morgan fingerprint density at radius 1 is 0.931 bits per heavy atom. The van der Waals surface area contributed by atoms with Crippen LogP contribution in [0.4, 0.5) is 8.78 Å². The molecule has 0 atom stereocenters. The Bertz CT molecular complexity index is 813. The molecule has 0 fully saturated rings. The van der Waals surface area contributed by atoms with Crippen LogP contribution in [0.5, 0.6) is 0 Å². The van der Waals surface area contributed by atoms with E-state index >= 15 is 0 Å². The molecule has 0 aliphatic rings. The monoisotopic (exact) mass is 516 g/mol. The third-order valence-corrected chi connectivity index (χ3v) is 4.23. The van der Waals surface area contributed by atoms with Gasteiger partial charge in [0.1, 0.15) is 11.6 Å². The minimum absolute atomic E-state index is 0. The van der Waals surface area contributed by atoms with Crippen molar-refractivity contribution >= 4 is 35.8 Å². The standard InChI is InChI=1S/C21H26F2N4O.HI/c1-15-13-19(23)8-5-17(15)9-10-26-21(24-2)27-12-11-25-20(28)14-16-3-6-18(22)7-4-16;/h3-8,13H,9-12,14H2,1-2H3,(H,25,28)(H2,24,26,27);1H. The molecule has 5 nitrogen and oxygen atoms in total. The molecular formula is C21H27F2IN4O. The molecule has 3 N–H and O–H groups in total. The molecule has 0 aromatic heterocycles. The van der Waals surface area contributed by atoms with E-state index in [9.17, 15) is 13.6 Å². The molecule has 8 heteroatoms. The lowest BCUT2D eigenvalue weighted by Gasteiger charge is -2.13. The van der Waals surface area contributed by atoms with Crippen LogP contribution in [-0.2, 0) is 17.6 Å². The van der Waals surface area contributed by atoms with Crippen molar-refractivity contribution in [2.75, 3.05) is 26.7 Å². The lowest BCUT2D eigenvalue weighted by atomic mass is 10.1. The topological polar surface area (TPSA) is 65.5 Å². The summed E-state index contributed by atoms with van der Waals surface area (Å²) in [5.41, 5.74) is 2.77. The van der Waals surface area contributed by atoms with Gasteiger partial charge in [-0.05, 0) is 54.3 Å². The number of nitrogens with zero attached hydrogens (tertiary/aromatic N) is 1. The highest BCUT2D eigenvalue weighted by atomic mass is 127. The fourth-order valence-electron chi connectivity index (χ4n) is 2.71. The van der Waals surface area contributed by atoms with Crippen molar-refractivity contribution in [3.05, 3.63) is 70.8 Å². The van der Waals surface area contributed by atoms with Crippen LogP contribution in [0.25, 0.3) is 0 Å². The van der Waals surface area contributed by atoms with Crippen LogP contribution < -0.4 is 16.0 Å². The van der Waals surface area contributed by atoms with Gasteiger partial charge in [-0.1, -0.05) is 18.2 Å². The van der Waals surface area contributed by atoms with Crippen LogP contribution in [0.2, 0.25) is 0 Å². The highest BCUT2D eigenvalue weighted by Crippen LogP contribution is 2.10. The van der Waals surface area contributed by atoms with Crippen molar-refractivity contribution in [3.63, 3.8) is 0 Å². The molecule has 0 aliphatic carbocycles. The number of nitrogens with one attached hydrogen (secondary N) is 3. The molecule has 0 spiro atoms. The van der Waals surface area contributed by atoms with E-state index in [0.717, 1.165) is 23.1 Å². The first-order chi connectivity index (χ1) is 13.5. The summed E-state index contributed by atoms with van der Waals surface area (Å²) in [4.78, 5) is 16.0. The van der Waals surface area contributed by atoms with E-state index in [-0.39, 0.29) is 47.9 Å². The Morgan fingerprint density at radius 2 is 1.55 bits per heavy atom. The van der Waals surface area contributed by atoms with Gasteiger partial charge in [0, 0.05) is 26.7 Å². The number of hydrogen-bond donors (Lipinski definition) is 3. The first-order valence-electron chi connectivity index (χ1n) is 9.18. The molecule has 0 saturated carbocycles. The van der Waals surface area contributed by atoms with E-state index < -0.39 is 0 Å². The lowest BCUT2D eigenvalue weighted by molar-refractivity contribution is -0.120. The van der Waals surface area contributed by atoms with Gasteiger partial charge in [-0.2, -0.15) is 0 Å². The van der Waals surface area contributed by atoms with Gasteiger partial charge >= 0.3 is 0 Å². The first-order valence-corrected chi connectivity index (χ1v) is 9.18. The Balaban J connectivity index is 0.00000420.